The Morgan fingerprint density at radius 2 is 2.06 bits per heavy atom. The molecule has 4 heterocycles. The number of ether oxygens (including phenoxy) is 2. The molecule has 1 amide bonds. The van der Waals surface area contributed by atoms with Crippen molar-refractivity contribution in [3.8, 4) is 5.75 Å². The van der Waals surface area contributed by atoms with Gasteiger partial charge in [-0.05, 0) is 50.3 Å². The quantitative estimate of drug-likeness (QED) is 0.549. The number of carbonyl (C=O) groups is 1. The van der Waals surface area contributed by atoms with Crippen molar-refractivity contribution in [1.29, 1.82) is 0 Å². The van der Waals surface area contributed by atoms with E-state index in [9.17, 15) is 4.79 Å². The van der Waals surface area contributed by atoms with E-state index in [0.717, 1.165) is 79.9 Å². The number of benzene rings is 1. The highest BCUT2D eigenvalue weighted by molar-refractivity contribution is 6.11. The number of imidazole rings is 1. The smallest absolute Gasteiger partial charge is 0.220 e. The SMILES string of the molecule is C[C@@H](Oc1cc(C(C=NC2CCN(C3COC3)CC2)=CN)cc2ncn(C3CC3)c12)[C@H]1CNC(=O)C1. The molecule has 4 aliphatic rings. The van der Waals surface area contributed by atoms with Crippen LogP contribution in [0.1, 0.15) is 50.6 Å². The minimum absolute atomic E-state index is 0.0915. The monoisotopic (exact) mass is 492 g/mol. The van der Waals surface area contributed by atoms with E-state index in [0.29, 0.717) is 31.1 Å². The molecule has 6 rings (SSSR count). The second-order valence-electron chi connectivity index (χ2n) is 10.7. The number of hydrogen-bond acceptors (Lipinski definition) is 7. The highest BCUT2D eigenvalue weighted by Gasteiger charge is 2.31. The number of nitrogens with two attached hydrogens (primary N) is 1. The number of piperidine rings is 1. The van der Waals surface area contributed by atoms with Gasteiger partial charge in [-0.1, -0.05) is 0 Å². The summed E-state index contributed by atoms with van der Waals surface area (Å²) >= 11 is 0. The largest absolute Gasteiger partial charge is 0.488 e. The fourth-order valence-electron chi connectivity index (χ4n) is 5.51. The van der Waals surface area contributed by atoms with E-state index in [1.807, 2.05) is 19.5 Å². The van der Waals surface area contributed by atoms with Gasteiger partial charge in [0, 0.05) is 56.0 Å². The van der Waals surface area contributed by atoms with Crippen molar-refractivity contribution in [2.45, 2.75) is 63.3 Å². The van der Waals surface area contributed by atoms with Crippen LogP contribution in [0.25, 0.3) is 16.6 Å². The van der Waals surface area contributed by atoms with Crippen LogP contribution in [0.3, 0.4) is 0 Å². The molecule has 2 aromatic rings. The number of hydrogen-bond donors (Lipinski definition) is 2. The van der Waals surface area contributed by atoms with E-state index in [-0.39, 0.29) is 17.9 Å². The predicted molar refractivity (Wildman–Crippen MR) is 139 cm³/mol. The number of aromatic nitrogens is 2. The van der Waals surface area contributed by atoms with Gasteiger partial charge in [-0.15, -0.1) is 0 Å². The van der Waals surface area contributed by atoms with Crippen molar-refractivity contribution >= 4 is 28.7 Å². The Labute approximate surface area is 211 Å². The van der Waals surface area contributed by atoms with Crippen LogP contribution in [0, 0.1) is 5.92 Å². The summed E-state index contributed by atoms with van der Waals surface area (Å²) in [6.07, 6.45) is 10.3. The Kier molecular flexibility index (Phi) is 6.43. The number of allylic oxidation sites excluding steroid dienone is 1. The highest BCUT2D eigenvalue weighted by atomic mass is 16.5. The molecule has 0 radical (unpaired) electrons. The van der Waals surface area contributed by atoms with E-state index in [2.05, 4.69) is 26.9 Å². The standard InChI is InChI=1S/C27H36N6O3/c1-17(19-10-26(34)30-12-19)36-25-9-18(8-24-27(25)33(16-31-24)22-2-3-22)20(11-28)13-29-21-4-6-32(7-5-21)23-14-35-15-23/h8-9,11,13,16-17,19,21-23H,2-7,10,12,14-15,28H2,1H3,(H,30,34)/t17-,19-/m1/s1. The second kappa shape index (κ2) is 9.86. The summed E-state index contributed by atoms with van der Waals surface area (Å²) in [5.74, 6) is 1.04. The molecule has 36 heavy (non-hydrogen) atoms. The molecule has 9 heteroatoms. The molecule has 0 spiro atoms. The number of aliphatic imine (C=N–C) groups is 1. The Morgan fingerprint density at radius 1 is 1.25 bits per heavy atom. The number of carbonyl (C=O) groups excluding carboxylic acids is 1. The maximum Gasteiger partial charge on any atom is 0.220 e. The maximum atomic E-state index is 11.8. The topological polar surface area (TPSA) is 107 Å². The lowest BCUT2D eigenvalue weighted by atomic mass is 10.0. The lowest BCUT2D eigenvalue weighted by molar-refractivity contribution is -0.119. The lowest BCUT2D eigenvalue weighted by Crippen LogP contribution is -2.52. The molecular formula is C27H36N6O3. The van der Waals surface area contributed by atoms with Crippen molar-refractivity contribution in [2.24, 2.45) is 16.6 Å². The summed E-state index contributed by atoms with van der Waals surface area (Å²) in [6.45, 7) is 6.56. The zero-order valence-corrected chi connectivity index (χ0v) is 20.9. The lowest BCUT2D eigenvalue weighted by Gasteiger charge is -2.40. The first-order valence-electron chi connectivity index (χ1n) is 13.3. The van der Waals surface area contributed by atoms with Gasteiger partial charge in [0.1, 0.15) is 17.4 Å². The van der Waals surface area contributed by atoms with Crippen molar-refractivity contribution in [3.63, 3.8) is 0 Å². The molecule has 3 aliphatic heterocycles. The van der Waals surface area contributed by atoms with Crippen LogP contribution < -0.4 is 15.8 Å². The maximum absolute atomic E-state index is 11.8. The molecule has 1 saturated carbocycles. The average molecular weight is 493 g/mol. The van der Waals surface area contributed by atoms with Crippen molar-refractivity contribution in [3.05, 3.63) is 30.2 Å². The normalized spacial score (nSPS) is 25.4. The van der Waals surface area contributed by atoms with E-state index < -0.39 is 0 Å². The van der Waals surface area contributed by atoms with Gasteiger partial charge in [-0.25, -0.2) is 4.98 Å². The third-order valence-corrected chi connectivity index (χ3v) is 8.13. The van der Waals surface area contributed by atoms with Gasteiger partial charge in [0.25, 0.3) is 0 Å². The molecular weight excluding hydrogens is 456 g/mol. The second-order valence-corrected chi connectivity index (χ2v) is 10.7. The van der Waals surface area contributed by atoms with Gasteiger partial charge < -0.3 is 25.1 Å². The molecule has 1 aliphatic carbocycles. The molecule has 1 aromatic heterocycles. The van der Waals surface area contributed by atoms with Crippen LogP contribution in [-0.4, -0.2) is 77.6 Å². The van der Waals surface area contributed by atoms with Crippen LogP contribution in [-0.2, 0) is 9.53 Å². The Hall–Kier alpha value is -2.91. The van der Waals surface area contributed by atoms with Gasteiger partial charge in [0.2, 0.25) is 5.91 Å². The summed E-state index contributed by atoms with van der Waals surface area (Å²) < 4.78 is 14.1. The van der Waals surface area contributed by atoms with Crippen molar-refractivity contribution < 1.29 is 14.3 Å². The number of likely N-dealkylation sites (tertiary alicyclic amines) is 1. The summed E-state index contributed by atoms with van der Waals surface area (Å²) in [4.78, 5) is 23.9. The molecule has 192 valence electrons. The average Bonchev–Trinajstić information content (AvgIpc) is 3.45. The Balaban J connectivity index is 1.22. The zero-order valence-electron chi connectivity index (χ0n) is 20.9. The molecule has 0 unspecified atom stereocenters. The summed E-state index contributed by atoms with van der Waals surface area (Å²) in [5.41, 5.74) is 9.82. The third kappa shape index (κ3) is 4.74. The van der Waals surface area contributed by atoms with Gasteiger partial charge in [0.05, 0.1) is 37.1 Å². The molecule has 3 N–H and O–H groups in total. The number of fused-ring (bicyclic) bond motifs is 1. The van der Waals surface area contributed by atoms with Crippen LogP contribution in [0.2, 0.25) is 0 Å². The summed E-state index contributed by atoms with van der Waals surface area (Å²) in [5, 5.41) is 2.92. The van der Waals surface area contributed by atoms with Gasteiger partial charge in [0.15, 0.2) is 0 Å². The first-order valence-corrected chi connectivity index (χ1v) is 13.3. The fraction of sp³-hybridized carbons (Fsp3) is 0.593. The van der Waals surface area contributed by atoms with E-state index in [4.69, 9.17) is 25.2 Å². The molecule has 1 aromatic carbocycles. The highest BCUT2D eigenvalue weighted by Crippen LogP contribution is 2.41. The Bertz CT molecular complexity index is 1170. The summed E-state index contributed by atoms with van der Waals surface area (Å²) in [6, 6.07) is 5.52. The minimum Gasteiger partial charge on any atom is -0.488 e. The van der Waals surface area contributed by atoms with E-state index in [1.165, 1.54) is 0 Å². The van der Waals surface area contributed by atoms with E-state index in [1.54, 1.807) is 6.20 Å². The number of nitrogens with one attached hydrogen (secondary N) is 1. The van der Waals surface area contributed by atoms with Crippen molar-refractivity contribution in [1.82, 2.24) is 19.8 Å². The van der Waals surface area contributed by atoms with Gasteiger partial charge in [-0.2, -0.15) is 0 Å². The third-order valence-electron chi connectivity index (χ3n) is 8.13. The fourth-order valence-corrected chi connectivity index (χ4v) is 5.51. The molecule has 2 atom stereocenters. The van der Waals surface area contributed by atoms with Crippen LogP contribution >= 0.6 is 0 Å². The van der Waals surface area contributed by atoms with Crippen LogP contribution in [0.5, 0.6) is 5.75 Å². The number of nitrogens with zero attached hydrogens (tertiary/aromatic N) is 4. The number of amides is 1. The molecule has 0 bridgehead atoms. The van der Waals surface area contributed by atoms with E-state index >= 15 is 0 Å². The summed E-state index contributed by atoms with van der Waals surface area (Å²) in [7, 11) is 0. The van der Waals surface area contributed by atoms with Crippen molar-refractivity contribution in [2.75, 3.05) is 32.8 Å². The first kappa shape index (κ1) is 23.5. The minimum atomic E-state index is -0.102. The van der Waals surface area contributed by atoms with Crippen LogP contribution in [0.4, 0.5) is 0 Å². The predicted octanol–water partition coefficient (Wildman–Crippen LogP) is 2.51. The zero-order chi connectivity index (χ0) is 24.6. The van der Waals surface area contributed by atoms with Crippen LogP contribution in [0.15, 0.2) is 29.7 Å². The van der Waals surface area contributed by atoms with Gasteiger partial charge in [-0.3, -0.25) is 14.7 Å². The Morgan fingerprint density at radius 3 is 2.69 bits per heavy atom. The molecule has 9 nitrogen and oxygen atoms in total. The molecule has 4 fully saturated rings. The number of rotatable bonds is 8. The van der Waals surface area contributed by atoms with Gasteiger partial charge >= 0.3 is 0 Å². The molecule has 3 saturated heterocycles. The first-order chi connectivity index (χ1) is 17.6.